The summed E-state index contributed by atoms with van der Waals surface area (Å²) in [5.74, 6) is 0.534. The van der Waals surface area contributed by atoms with Crippen LogP contribution in [0.15, 0.2) is 47.3 Å². The Morgan fingerprint density at radius 2 is 2.07 bits per heavy atom. The Hall–Kier alpha value is -2.23. The molecule has 2 N–H and O–H groups in total. The smallest absolute Gasteiger partial charge is 0.153 e. The minimum atomic E-state index is 0.534. The van der Waals surface area contributed by atoms with E-state index < -0.39 is 0 Å². The quantitative estimate of drug-likeness (QED) is 0.653. The first-order valence-electron chi connectivity index (χ1n) is 4.62. The van der Waals surface area contributed by atoms with Crippen molar-refractivity contribution in [2.75, 3.05) is 5.73 Å². The van der Waals surface area contributed by atoms with Crippen LogP contribution in [0.1, 0.15) is 0 Å². The summed E-state index contributed by atoms with van der Waals surface area (Å²) >= 11 is 0. The molecule has 0 unspecified atom stereocenters. The summed E-state index contributed by atoms with van der Waals surface area (Å²) in [6, 6.07) is 9.68. The molecule has 0 amide bonds. The lowest BCUT2D eigenvalue weighted by atomic mass is 10.2. The molecule has 2 heterocycles. The van der Waals surface area contributed by atoms with Gasteiger partial charge in [0.2, 0.25) is 0 Å². The van der Waals surface area contributed by atoms with E-state index in [9.17, 15) is 0 Å². The molecule has 3 rings (SSSR count). The molecule has 4 heteroatoms. The fraction of sp³-hybridized carbons (Fsp3) is 0. The number of furan rings is 1. The highest BCUT2D eigenvalue weighted by Crippen LogP contribution is 2.23. The van der Waals surface area contributed by atoms with Gasteiger partial charge in [0.15, 0.2) is 5.82 Å². The molecule has 0 bridgehead atoms. The van der Waals surface area contributed by atoms with Crippen LogP contribution in [0.3, 0.4) is 0 Å². The number of hydrogen-bond donors (Lipinski definition) is 1. The van der Waals surface area contributed by atoms with Gasteiger partial charge in [-0.05, 0) is 12.1 Å². The van der Waals surface area contributed by atoms with E-state index in [1.807, 2.05) is 30.3 Å². The molecule has 0 fully saturated rings. The molecule has 0 atom stereocenters. The lowest BCUT2D eigenvalue weighted by Crippen LogP contribution is -1.94. The highest BCUT2D eigenvalue weighted by Gasteiger charge is 2.08. The first-order valence-corrected chi connectivity index (χ1v) is 4.62. The minimum absolute atomic E-state index is 0.534. The maximum atomic E-state index is 5.82. The minimum Gasteiger partial charge on any atom is -0.470 e. The van der Waals surface area contributed by atoms with Crippen molar-refractivity contribution in [2.45, 2.75) is 0 Å². The third kappa shape index (κ3) is 1.11. The van der Waals surface area contributed by atoms with Crippen LogP contribution in [0, 0.1) is 0 Å². The number of nitrogens with two attached hydrogens (primary N) is 1. The molecule has 3 aromatic rings. The van der Waals surface area contributed by atoms with Gasteiger partial charge < -0.3 is 10.2 Å². The first kappa shape index (κ1) is 8.11. The maximum absolute atomic E-state index is 5.82. The average molecular weight is 199 g/mol. The van der Waals surface area contributed by atoms with Crippen LogP contribution < -0.4 is 5.73 Å². The lowest BCUT2D eigenvalue weighted by molar-refractivity contribution is 0.565. The van der Waals surface area contributed by atoms with Crippen molar-refractivity contribution in [1.82, 2.24) is 9.78 Å². The summed E-state index contributed by atoms with van der Waals surface area (Å²) in [6.45, 7) is 0. The second kappa shape index (κ2) is 2.88. The van der Waals surface area contributed by atoms with Gasteiger partial charge in [0.05, 0.1) is 11.8 Å². The summed E-state index contributed by atoms with van der Waals surface area (Å²) in [5, 5.41) is 5.22. The molecule has 2 aromatic heterocycles. The van der Waals surface area contributed by atoms with E-state index in [1.165, 1.54) is 0 Å². The number of nitrogen functional groups attached to an aromatic ring is 1. The van der Waals surface area contributed by atoms with Crippen molar-refractivity contribution in [2.24, 2.45) is 0 Å². The molecule has 0 spiro atoms. The second-order valence-corrected chi connectivity index (χ2v) is 3.30. The van der Waals surface area contributed by atoms with Gasteiger partial charge in [0, 0.05) is 11.5 Å². The number of fused-ring (bicyclic) bond motifs is 1. The van der Waals surface area contributed by atoms with Gasteiger partial charge in [-0.3, -0.25) is 0 Å². The molecule has 4 nitrogen and oxygen atoms in total. The van der Waals surface area contributed by atoms with E-state index in [1.54, 1.807) is 17.2 Å². The van der Waals surface area contributed by atoms with E-state index in [2.05, 4.69) is 5.10 Å². The fourth-order valence-corrected chi connectivity index (χ4v) is 1.67. The predicted octanol–water partition coefficient (Wildman–Crippen LogP) is 2.20. The van der Waals surface area contributed by atoms with Gasteiger partial charge in [-0.1, -0.05) is 12.1 Å². The number of anilines is 1. The Bertz CT molecular complexity index is 595. The summed E-state index contributed by atoms with van der Waals surface area (Å²) in [5.41, 5.74) is 7.68. The van der Waals surface area contributed by atoms with Crippen LogP contribution in [-0.2, 0) is 0 Å². The molecule has 0 saturated heterocycles. The lowest BCUT2D eigenvalue weighted by Gasteiger charge is -1.96. The summed E-state index contributed by atoms with van der Waals surface area (Å²) in [4.78, 5) is 0. The van der Waals surface area contributed by atoms with E-state index in [4.69, 9.17) is 10.2 Å². The van der Waals surface area contributed by atoms with Gasteiger partial charge in [-0.25, -0.2) is 4.68 Å². The molecular weight excluding hydrogens is 190 g/mol. The Kier molecular flexibility index (Phi) is 1.56. The van der Waals surface area contributed by atoms with Crippen molar-refractivity contribution in [3.63, 3.8) is 0 Å². The van der Waals surface area contributed by atoms with Crippen LogP contribution in [0.4, 0.5) is 5.82 Å². The van der Waals surface area contributed by atoms with Crippen molar-refractivity contribution in [1.29, 1.82) is 0 Å². The number of benzene rings is 1. The molecule has 0 saturated carbocycles. The molecule has 0 aliphatic rings. The highest BCUT2D eigenvalue weighted by molar-refractivity contribution is 5.90. The zero-order chi connectivity index (χ0) is 10.3. The normalized spacial score (nSPS) is 10.9. The standard InChI is InChI=1S/C11H9N3O/c12-11-9-3-1-2-4-10(9)14(13-11)8-5-6-15-7-8/h1-7H,(H2,12,13). The van der Waals surface area contributed by atoms with E-state index in [0.717, 1.165) is 16.6 Å². The number of nitrogens with zero attached hydrogens (tertiary/aromatic N) is 2. The van der Waals surface area contributed by atoms with Crippen LogP contribution in [0.2, 0.25) is 0 Å². The second-order valence-electron chi connectivity index (χ2n) is 3.30. The molecular formula is C11H9N3O. The van der Waals surface area contributed by atoms with Gasteiger partial charge in [0.25, 0.3) is 0 Å². The van der Waals surface area contributed by atoms with Crippen molar-refractivity contribution >= 4 is 16.7 Å². The molecule has 15 heavy (non-hydrogen) atoms. The Morgan fingerprint density at radius 3 is 2.87 bits per heavy atom. The zero-order valence-corrected chi connectivity index (χ0v) is 7.92. The zero-order valence-electron chi connectivity index (χ0n) is 7.92. The Labute approximate surface area is 85.9 Å². The molecule has 74 valence electrons. The van der Waals surface area contributed by atoms with Crippen molar-refractivity contribution in [3.05, 3.63) is 42.9 Å². The summed E-state index contributed by atoms with van der Waals surface area (Å²) in [6.07, 6.45) is 3.25. The van der Waals surface area contributed by atoms with Crippen LogP contribution in [0.25, 0.3) is 16.6 Å². The summed E-state index contributed by atoms with van der Waals surface area (Å²) < 4.78 is 6.80. The molecule has 0 aliphatic heterocycles. The molecule has 0 aliphatic carbocycles. The monoisotopic (exact) mass is 199 g/mol. The largest absolute Gasteiger partial charge is 0.470 e. The van der Waals surface area contributed by atoms with E-state index in [0.29, 0.717) is 5.82 Å². The topological polar surface area (TPSA) is 57.0 Å². The number of rotatable bonds is 1. The number of hydrogen-bond acceptors (Lipinski definition) is 3. The SMILES string of the molecule is Nc1nn(-c2ccoc2)c2ccccc12. The fourth-order valence-electron chi connectivity index (χ4n) is 1.67. The van der Waals surface area contributed by atoms with Gasteiger partial charge >= 0.3 is 0 Å². The van der Waals surface area contributed by atoms with Gasteiger partial charge in [0.1, 0.15) is 12.0 Å². The molecule has 1 aromatic carbocycles. The van der Waals surface area contributed by atoms with Crippen LogP contribution in [0.5, 0.6) is 0 Å². The summed E-state index contributed by atoms with van der Waals surface area (Å²) in [7, 11) is 0. The first-order chi connectivity index (χ1) is 7.36. The Balaban J connectivity index is 2.37. The number of aromatic nitrogens is 2. The van der Waals surface area contributed by atoms with Gasteiger partial charge in [-0.2, -0.15) is 0 Å². The van der Waals surface area contributed by atoms with Crippen molar-refractivity contribution < 1.29 is 4.42 Å². The highest BCUT2D eigenvalue weighted by atomic mass is 16.3. The molecule has 0 radical (unpaired) electrons. The third-order valence-corrected chi connectivity index (χ3v) is 2.37. The van der Waals surface area contributed by atoms with E-state index in [-0.39, 0.29) is 0 Å². The van der Waals surface area contributed by atoms with Crippen molar-refractivity contribution in [3.8, 4) is 5.69 Å². The Morgan fingerprint density at radius 1 is 1.20 bits per heavy atom. The third-order valence-electron chi connectivity index (χ3n) is 2.37. The maximum Gasteiger partial charge on any atom is 0.153 e. The number of para-hydroxylation sites is 1. The predicted molar refractivity (Wildman–Crippen MR) is 57.7 cm³/mol. The van der Waals surface area contributed by atoms with Gasteiger partial charge in [-0.15, -0.1) is 5.10 Å². The van der Waals surface area contributed by atoms with Crippen LogP contribution >= 0.6 is 0 Å². The van der Waals surface area contributed by atoms with E-state index >= 15 is 0 Å². The average Bonchev–Trinajstić information content (AvgIpc) is 2.87. The van der Waals surface area contributed by atoms with Crippen LogP contribution in [-0.4, -0.2) is 9.78 Å².